The lowest BCUT2D eigenvalue weighted by Crippen LogP contribution is -2.40. The molecule has 1 heterocycles. The summed E-state index contributed by atoms with van der Waals surface area (Å²) in [6.07, 6.45) is 0. The SMILES string of the molecule is Cc1cc(=O)c(C(=O)Nc2cccc(S(=O)(=O)NC(C)(C)C)c2)nn1-c1ccccc1F. The van der Waals surface area contributed by atoms with Crippen LogP contribution in [0.2, 0.25) is 0 Å². The Morgan fingerprint density at radius 3 is 2.41 bits per heavy atom. The van der Waals surface area contributed by atoms with Crippen molar-refractivity contribution in [3.8, 4) is 5.69 Å². The summed E-state index contributed by atoms with van der Waals surface area (Å²) in [6, 6.07) is 12.6. The highest BCUT2D eigenvalue weighted by Gasteiger charge is 2.23. The van der Waals surface area contributed by atoms with Crippen molar-refractivity contribution in [2.45, 2.75) is 38.1 Å². The summed E-state index contributed by atoms with van der Waals surface area (Å²) in [7, 11) is -3.83. The molecule has 2 N–H and O–H groups in total. The van der Waals surface area contributed by atoms with E-state index in [1.54, 1.807) is 33.8 Å². The lowest BCUT2D eigenvalue weighted by Gasteiger charge is -2.20. The highest BCUT2D eigenvalue weighted by molar-refractivity contribution is 7.89. The molecule has 1 amide bonds. The standard InChI is InChI=1S/C22H23FN4O4S/c1-14-12-19(28)20(25-27(14)18-11-6-5-10-17(18)23)21(29)24-15-8-7-9-16(13-15)32(30,31)26-22(2,3)4/h5-13,26H,1-4H3,(H,24,29). The van der Waals surface area contributed by atoms with Gasteiger partial charge >= 0.3 is 0 Å². The predicted molar refractivity (Wildman–Crippen MR) is 119 cm³/mol. The lowest BCUT2D eigenvalue weighted by atomic mass is 10.1. The Balaban J connectivity index is 1.94. The Morgan fingerprint density at radius 2 is 1.75 bits per heavy atom. The van der Waals surface area contributed by atoms with Crippen LogP contribution in [0.3, 0.4) is 0 Å². The summed E-state index contributed by atoms with van der Waals surface area (Å²) < 4.78 is 43.0. The number of aryl methyl sites for hydroxylation is 1. The summed E-state index contributed by atoms with van der Waals surface area (Å²) in [5.74, 6) is -1.42. The smallest absolute Gasteiger partial charge is 0.280 e. The van der Waals surface area contributed by atoms with E-state index in [1.807, 2.05) is 0 Å². The average molecular weight is 459 g/mol. The quantitative estimate of drug-likeness (QED) is 0.611. The third kappa shape index (κ3) is 5.27. The summed E-state index contributed by atoms with van der Waals surface area (Å²) in [5.41, 5.74) is -1.21. The van der Waals surface area contributed by atoms with E-state index in [0.717, 1.165) is 0 Å². The van der Waals surface area contributed by atoms with E-state index in [4.69, 9.17) is 0 Å². The van der Waals surface area contributed by atoms with Crippen molar-refractivity contribution in [2.75, 3.05) is 5.32 Å². The van der Waals surface area contributed by atoms with E-state index in [-0.39, 0.29) is 16.3 Å². The van der Waals surface area contributed by atoms with E-state index in [9.17, 15) is 22.4 Å². The molecule has 0 bridgehead atoms. The molecule has 10 heteroatoms. The van der Waals surface area contributed by atoms with E-state index in [0.29, 0.717) is 5.69 Å². The number of sulfonamides is 1. The van der Waals surface area contributed by atoms with E-state index in [2.05, 4.69) is 15.1 Å². The molecule has 0 aliphatic rings. The van der Waals surface area contributed by atoms with Crippen LogP contribution in [-0.4, -0.2) is 29.6 Å². The number of carbonyl (C=O) groups is 1. The van der Waals surface area contributed by atoms with Crippen molar-refractivity contribution >= 4 is 21.6 Å². The molecule has 0 saturated heterocycles. The number of hydrogen-bond donors (Lipinski definition) is 2. The molecule has 0 fully saturated rings. The van der Waals surface area contributed by atoms with Gasteiger partial charge in [-0.1, -0.05) is 18.2 Å². The Bertz CT molecular complexity index is 1340. The van der Waals surface area contributed by atoms with Crippen LogP contribution in [-0.2, 0) is 10.0 Å². The van der Waals surface area contributed by atoms with Crippen LogP contribution >= 0.6 is 0 Å². The van der Waals surface area contributed by atoms with Gasteiger partial charge in [0.15, 0.2) is 5.69 Å². The summed E-state index contributed by atoms with van der Waals surface area (Å²) in [4.78, 5) is 25.1. The van der Waals surface area contributed by atoms with Crippen molar-refractivity contribution < 1.29 is 17.6 Å². The van der Waals surface area contributed by atoms with E-state index in [1.165, 1.54) is 53.2 Å². The number of carbonyl (C=O) groups excluding carboxylic acids is 1. The number of rotatable bonds is 5. The maximum Gasteiger partial charge on any atom is 0.280 e. The van der Waals surface area contributed by atoms with Gasteiger partial charge < -0.3 is 5.32 Å². The van der Waals surface area contributed by atoms with Gasteiger partial charge in [-0.2, -0.15) is 5.10 Å². The Labute approximate surface area is 185 Å². The molecule has 3 aromatic rings. The van der Waals surface area contributed by atoms with Crippen molar-refractivity contribution in [3.63, 3.8) is 0 Å². The van der Waals surface area contributed by atoms with Gasteiger partial charge in [0.25, 0.3) is 5.91 Å². The predicted octanol–water partition coefficient (Wildman–Crippen LogP) is 3.01. The lowest BCUT2D eigenvalue weighted by molar-refractivity contribution is 0.101. The minimum atomic E-state index is -3.83. The number of para-hydroxylation sites is 1. The fraction of sp³-hybridized carbons (Fsp3) is 0.227. The maximum absolute atomic E-state index is 14.2. The van der Waals surface area contributed by atoms with E-state index < -0.39 is 38.4 Å². The molecule has 2 aromatic carbocycles. The number of aromatic nitrogens is 2. The monoisotopic (exact) mass is 458 g/mol. The Kier molecular flexibility index (Phi) is 6.29. The van der Waals surface area contributed by atoms with Gasteiger partial charge in [-0.3, -0.25) is 9.59 Å². The van der Waals surface area contributed by atoms with Crippen molar-refractivity contribution in [1.82, 2.24) is 14.5 Å². The number of nitrogens with one attached hydrogen (secondary N) is 2. The first-order valence-electron chi connectivity index (χ1n) is 9.69. The minimum absolute atomic E-state index is 0.0501. The molecule has 0 radical (unpaired) electrons. The van der Waals surface area contributed by atoms with Crippen molar-refractivity contribution in [3.05, 3.63) is 82.0 Å². The second-order valence-electron chi connectivity index (χ2n) is 8.20. The Hall–Kier alpha value is -3.37. The van der Waals surface area contributed by atoms with Crippen LogP contribution in [0, 0.1) is 12.7 Å². The normalized spacial score (nSPS) is 11.9. The molecule has 0 aliphatic carbocycles. The van der Waals surface area contributed by atoms with Crippen LogP contribution in [0.4, 0.5) is 10.1 Å². The average Bonchev–Trinajstić information content (AvgIpc) is 2.67. The molecule has 0 atom stereocenters. The van der Waals surface area contributed by atoms with Gasteiger partial charge in [-0.15, -0.1) is 0 Å². The summed E-state index contributed by atoms with van der Waals surface area (Å²) in [6.45, 7) is 6.69. The minimum Gasteiger partial charge on any atom is -0.320 e. The topological polar surface area (TPSA) is 110 Å². The van der Waals surface area contributed by atoms with Gasteiger partial charge in [-0.05, 0) is 58.0 Å². The largest absolute Gasteiger partial charge is 0.320 e. The zero-order valence-electron chi connectivity index (χ0n) is 18.0. The molecule has 0 unspecified atom stereocenters. The van der Waals surface area contributed by atoms with E-state index >= 15 is 0 Å². The van der Waals surface area contributed by atoms with Gasteiger partial charge in [0.1, 0.15) is 11.5 Å². The molecule has 168 valence electrons. The molecule has 1 aromatic heterocycles. The van der Waals surface area contributed by atoms with Crippen LogP contribution < -0.4 is 15.5 Å². The Morgan fingerprint density at radius 1 is 1.06 bits per heavy atom. The van der Waals surface area contributed by atoms with Gasteiger partial charge in [0.05, 0.1) is 4.90 Å². The number of halogens is 1. The first-order valence-corrected chi connectivity index (χ1v) is 11.2. The molecule has 0 spiro atoms. The van der Waals surface area contributed by atoms with Crippen LogP contribution in [0.15, 0.2) is 64.3 Å². The molecule has 0 aliphatic heterocycles. The molecule has 8 nitrogen and oxygen atoms in total. The zero-order valence-corrected chi connectivity index (χ0v) is 18.8. The maximum atomic E-state index is 14.2. The van der Waals surface area contributed by atoms with Crippen molar-refractivity contribution in [1.29, 1.82) is 0 Å². The number of amides is 1. The number of anilines is 1. The first-order chi connectivity index (χ1) is 14.9. The fourth-order valence-electron chi connectivity index (χ4n) is 2.97. The molecular weight excluding hydrogens is 435 g/mol. The van der Waals surface area contributed by atoms with Crippen LogP contribution in [0.1, 0.15) is 37.0 Å². The molecular formula is C22H23FN4O4S. The van der Waals surface area contributed by atoms with Gasteiger partial charge in [0.2, 0.25) is 15.5 Å². The second-order valence-corrected chi connectivity index (χ2v) is 9.88. The highest BCUT2D eigenvalue weighted by Crippen LogP contribution is 2.18. The van der Waals surface area contributed by atoms with Crippen molar-refractivity contribution in [2.24, 2.45) is 0 Å². The second kappa shape index (κ2) is 8.64. The fourth-order valence-corrected chi connectivity index (χ4v) is 4.43. The van der Waals surface area contributed by atoms with Crippen LogP contribution in [0.5, 0.6) is 0 Å². The third-order valence-corrected chi connectivity index (χ3v) is 6.00. The van der Waals surface area contributed by atoms with Gasteiger partial charge in [0, 0.05) is 23.0 Å². The molecule has 0 saturated carbocycles. The summed E-state index contributed by atoms with van der Waals surface area (Å²) in [5, 5.41) is 6.53. The first kappa shape index (κ1) is 23.3. The number of benzene rings is 2. The molecule has 3 rings (SSSR count). The highest BCUT2D eigenvalue weighted by atomic mass is 32.2. The van der Waals surface area contributed by atoms with Gasteiger partial charge in [-0.25, -0.2) is 22.2 Å². The summed E-state index contributed by atoms with van der Waals surface area (Å²) >= 11 is 0. The molecule has 32 heavy (non-hydrogen) atoms. The number of hydrogen-bond acceptors (Lipinski definition) is 5. The third-order valence-electron chi connectivity index (χ3n) is 4.25. The zero-order chi connectivity index (χ0) is 23.7. The van der Waals surface area contributed by atoms with Crippen LogP contribution in [0.25, 0.3) is 5.69 Å². The number of nitrogens with zero attached hydrogens (tertiary/aromatic N) is 2.